The highest BCUT2D eigenvalue weighted by molar-refractivity contribution is 6.30. The predicted molar refractivity (Wildman–Crippen MR) is 107 cm³/mol. The third-order valence-corrected chi connectivity index (χ3v) is 4.84. The van der Waals surface area contributed by atoms with Crippen LogP contribution in [0.5, 0.6) is 0 Å². The van der Waals surface area contributed by atoms with Gasteiger partial charge in [0.05, 0.1) is 6.54 Å². The molecule has 2 aromatic rings. The molecule has 1 heterocycles. The zero-order chi connectivity index (χ0) is 19.9. The fourth-order valence-corrected chi connectivity index (χ4v) is 3.11. The van der Waals surface area contributed by atoms with E-state index in [9.17, 15) is 14.0 Å². The standard InChI is InChI=1S/C20H22ClFN4O2/c21-16-5-7-17(8-6-16)25-9-11-26(12-10-25)20(28)24-14-19(27)23-13-15-3-1-2-4-18(15)22/h1-8H,9-14H2,(H,23,27)(H,24,28). The smallest absolute Gasteiger partial charge is 0.317 e. The van der Waals surface area contributed by atoms with Gasteiger partial charge in [-0.2, -0.15) is 0 Å². The molecule has 0 bridgehead atoms. The Morgan fingerprint density at radius 3 is 2.32 bits per heavy atom. The molecule has 2 aromatic carbocycles. The molecule has 28 heavy (non-hydrogen) atoms. The van der Waals surface area contributed by atoms with E-state index in [0.717, 1.165) is 5.69 Å². The van der Waals surface area contributed by atoms with E-state index < -0.39 is 0 Å². The van der Waals surface area contributed by atoms with Gasteiger partial charge < -0.3 is 20.4 Å². The van der Waals surface area contributed by atoms with Crippen molar-refractivity contribution in [3.05, 3.63) is 64.9 Å². The van der Waals surface area contributed by atoms with Crippen LogP contribution in [0.2, 0.25) is 5.02 Å². The van der Waals surface area contributed by atoms with Crippen molar-refractivity contribution in [2.75, 3.05) is 37.6 Å². The Hall–Kier alpha value is -2.80. The highest BCUT2D eigenvalue weighted by Gasteiger charge is 2.21. The molecular weight excluding hydrogens is 383 g/mol. The maximum atomic E-state index is 13.5. The van der Waals surface area contributed by atoms with E-state index in [1.54, 1.807) is 23.1 Å². The summed E-state index contributed by atoms with van der Waals surface area (Å²) in [6, 6.07) is 13.6. The van der Waals surface area contributed by atoms with Crippen molar-refractivity contribution in [3.8, 4) is 0 Å². The number of nitrogens with one attached hydrogen (secondary N) is 2. The summed E-state index contributed by atoms with van der Waals surface area (Å²) in [6.45, 7) is 2.46. The zero-order valence-electron chi connectivity index (χ0n) is 15.3. The van der Waals surface area contributed by atoms with Crippen molar-refractivity contribution in [3.63, 3.8) is 0 Å². The Morgan fingerprint density at radius 2 is 1.64 bits per heavy atom. The Kier molecular flexibility index (Phi) is 6.71. The molecule has 3 rings (SSSR count). The minimum atomic E-state index is -0.370. The second-order valence-electron chi connectivity index (χ2n) is 6.48. The number of piperazine rings is 1. The van der Waals surface area contributed by atoms with Crippen LogP contribution in [-0.2, 0) is 11.3 Å². The largest absolute Gasteiger partial charge is 0.368 e. The predicted octanol–water partition coefficient (Wildman–Crippen LogP) is 2.63. The Morgan fingerprint density at radius 1 is 0.964 bits per heavy atom. The summed E-state index contributed by atoms with van der Waals surface area (Å²) in [4.78, 5) is 28.0. The quantitative estimate of drug-likeness (QED) is 0.805. The lowest BCUT2D eigenvalue weighted by molar-refractivity contribution is -0.120. The van der Waals surface area contributed by atoms with E-state index in [-0.39, 0.29) is 30.8 Å². The van der Waals surface area contributed by atoms with Crippen LogP contribution in [0, 0.1) is 5.82 Å². The van der Waals surface area contributed by atoms with Crippen LogP contribution in [0.3, 0.4) is 0 Å². The molecule has 1 fully saturated rings. The third kappa shape index (κ3) is 5.36. The van der Waals surface area contributed by atoms with Gasteiger partial charge in [0, 0.05) is 49.0 Å². The van der Waals surface area contributed by atoms with Gasteiger partial charge in [-0.1, -0.05) is 29.8 Å². The monoisotopic (exact) mass is 404 g/mol. The summed E-state index contributed by atoms with van der Waals surface area (Å²) >= 11 is 5.91. The SMILES string of the molecule is O=C(CNC(=O)N1CCN(c2ccc(Cl)cc2)CC1)NCc1ccccc1F. The number of hydrogen-bond donors (Lipinski definition) is 2. The van der Waals surface area contributed by atoms with Crippen molar-refractivity contribution in [1.82, 2.24) is 15.5 Å². The van der Waals surface area contributed by atoms with Crippen molar-refractivity contribution < 1.29 is 14.0 Å². The molecule has 0 spiro atoms. The van der Waals surface area contributed by atoms with E-state index >= 15 is 0 Å². The first-order valence-electron chi connectivity index (χ1n) is 9.06. The second kappa shape index (κ2) is 9.41. The number of halogens is 2. The Bertz CT molecular complexity index is 823. The number of amides is 3. The molecule has 0 atom stereocenters. The third-order valence-electron chi connectivity index (χ3n) is 4.59. The molecule has 1 aliphatic rings. The van der Waals surface area contributed by atoms with Crippen LogP contribution >= 0.6 is 11.6 Å². The molecule has 1 saturated heterocycles. The number of carbonyl (C=O) groups is 2. The van der Waals surface area contributed by atoms with Gasteiger partial charge in [-0.25, -0.2) is 9.18 Å². The molecule has 8 heteroatoms. The van der Waals surface area contributed by atoms with E-state index in [0.29, 0.717) is 36.8 Å². The molecule has 0 saturated carbocycles. The molecule has 2 N–H and O–H groups in total. The van der Waals surface area contributed by atoms with Gasteiger partial charge >= 0.3 is 6.03 Å². The number of benzene rings is 2. The topological polar surface area (TPSA) is 64.7 Å². The molecule has 6 nitrogen and oxygen atoms in total. The van der Waals surface area contributed by atoms with E-state index in [1.807, 2.05) is 24.3 Å². The highest BCUT2D eigenvalue weighted by Crippen LogP contribution is 2.19. The van der Waals surface area contributed by atoms with Crippen LogP contribution < -0.4 is 15.5 Å². The van der Waals surface area contributed by atoms with Crippen LogP contribution in [0.4, 0.5) is 14.9 Å². The summed E-state index contributed by atoms with van der Waals surface area (Å²) in [5, 5.41) is 5.90. The van der Waals surface area contributed by atoms with Gasteiger partial charge in [0.2, 0.25) is 5.91 Å². The summed E-state index contributed by atoms with van der Waals surface area (Å²) in [6.07, 6.45) is 0. The number of nitrogens with zero attached hydrogens (tertiary/aromatic N) is 2. The molecule has 0 radical (unpaired) electrons. The Balaban J connectivity index is 1.39. The van der Waals surface area contributed by atoms with Crippen LogP contribution in [-0.4, -0.2) is 49.6 Å². The average Bonchev–Trinajstić information content (AvgIpc) is 2.72. The molecule has 3 amide bonds. The maximum Gasteiger partial charge on any atom is 0.317 e. The minimum Gasteiger partial charge on any atom is -0.368 e. The molecule has 0 aromatic heterocycles. The van der Waals surface area contributed by atoms with Gasteiger partial charge in [0.25, 0.3) is 0 Å². The van der Waals surface area contributed by atoms with Crippen LogP contribution in [0.25, 0.3) is 0 Å². The average molecular weight is 405 g/mol. The summed E-state index contributed by atoms with van der Waals surface area (Å²) in [5.41, 5.74) is 1.47. The molecule has 148 valence electrons. The lowest BCUT2D eigenvalue weighted by Gasteiger charge is -2.36. The Labute approximate surface area is 168 Å². The normalized spacial score (nSPS) is 13.9. The van der Waals surface area contributed by atoms with Gasteiger partial charge in [-0.05, 0) is 30.3 Å². The number of hydrogen-bond acceptors (Lipinski definition) is 3. The van der Waals surface area contributed by atoms with Crippen LogP contribution in [0.15, 0.2) is 48.5 Å². The van der Waals surface area contributed by atoms with Crippen molar-refractivity contribution in [2.24, 2.45) is 0 Å². The van der Waals surface area contributed by atoms with Crippen molar-refractivity contribution >= 4 is 29.2 Å². The first-order chi connectivity index (χ1) is 13.5. The lowest BCUT2D eigenvalue weighted by atomic mass is 10.2. The summed E-state index contributed by atoms with van der Waals surface area (Å²) < 4.78 is 13.5. The lowest BCUT2D eigenvalue weighted by Crippen LogP contribution is -2.53. The van der Waals surface area contributed by atoms with E-state index in [1.165, 1.54) is 6.07 Å². The van der Waals surface area contributed by atoms with Gasteiger partial charge in [0.1, 0.15) is 5.82 Å². The highest BCUT2D eigenvalue weighted by atomic mass is 35.5. The first-order valence-corrected chi connectivity index (χ1v) is 9.44. The fourth-order valence-electron chi connectivity index (χ4n) is 2.99. The number of rotatable bonds is 5. The maximum absolute atomic E-state index is 13.5. The van der Waals surface area contributed by atoms with E-state index in [2.05, 4.69) is 15.5 Å². The van der Waals surface area contributed by atoms with Crippen molar-refractivity contribution in [2.45, 2.75) is 6.54 Å². The number of carbonyl (C=O) groups excluding carboxylic acids is 2. The second-order valence-corrected chi connectivity index (χ2v) is 6.91. The number of anilines is 1. The molecule has 1 aliphatic heterocycles. The zero-order valence-corrected chi connectivity index (χ0v) is 16.1. The molecular formula is C20H22ClFN4O2. The van der Waals surface area contributed by atoms with Crippen molar-refractivity contribution in [1.29, 1.82) is 0 Å². The van der Waals surface area contributed by atoms with E-state index in [4.69, 9.17) is 11.6 Å². The first kappa shape index (κ1) is 19.9. The van der Waals surface area contributed by atoms with Gasteiger partial charge in [0.15, 0.2) is 0 Å². The van der Waals surface area contributed by atoms with Gasteiger partial charge in [-0.3, -0.25) is 4.79 Å². The molecule has 0 aliphatic carbocycles. The fraction of sp³-hybridized carbons (Fsp3) is 0.300. The minimum absolute atomic E-state index is 0.0845. The number of urea groups is 1. The molecule has 0 unspecified atom stereocenters. The summed E-state index contributed by atoms with van der Waals surface area (Å²) in [7, 11) is 0. The van der Waals surface area contributed by atoms with Gasteiger partial charge in [-0.15, -0.1) is 0 Å². The summed E-state index contributed by atoms with van der Waals surface area (Å²) in [5.74, 6) is -0.734. The van der Waals surface area contributed by atoms with Crippen LogP contribution in [0.1, 0.15) is 5.56 Å².